The lowest BCUT2D eigenvalue weighted by atomic mass is 10.1. The van der Waals surface area contributed by atoms with Crippen molar-refractivity contribution in [2.24, 2.45) is 20.5 Å². The molecule has 62 heavy (non-hydrogen) atoms. The van der Waals surface area contributed by atoms with Gasteiger partial charge in [0.15, 0.2) is 5.82 Å². The predicted molar refractivity (Wildman–Crippen MR) is 244 cm³/mol. The molecule has 6 rings (SSSR count). The topological polar surface area (TPSA) is 178 Å². The van der Waals surface area contributed by atoms with Gasteiger partial charge in [-0.05, 0) is 128 Å². The van der Waals surface area contributed by atoms with Gasteiger partial charge in [-0.2, -0.15) is 45.9 Å². The number of unbranched alkanes of at least 4 members (excludes halogenated alkanes) is 6. The first kappa shape index (κ1) is 43.8. The molecule has 0 aliphatic carbocycles. The molecule has 0 spiro atoms. The van der Waals surface area contributed by atoms with E-state index in [1.165, 1.54) is 0 Å². The fourth-order valence-electron chi connectivity index (χ4n) is 6.03. The maximum atomic E-state index is 8.94. The van der Waals surface area contributed by atoms with Crippen molar-refractivity contribution in [3.05, 3.63) is 145 Å². The van der Waals surface area contributed by atoms with Crippen LogP contribution in [0, 0.1) is 22.7 Å². The lowest BCUT2D eigenvalue weighted by Crippen LogP contribution is -2.12. The van der Waals surface area contributed by atoms with Gasteiger partial charge < -0.3 is 20.1 Å². The van der Waals surface area contributed by atoms with E-state index in [2.05, 4.69) is 54.8 Å². The molecule has 0 saturated heterocycles. The summed E-state index contributed by atoms with van der Waals surface area (Å²) in [5.41, 5.74) is 5.96. The van der Waals surface area contributed by atoms with Crippen molar-refractivity contribution >= 4 is 40.7 Å². The highest BCUT2D eigenvalue weighted by Crippen LogP contribution is 2.24. The third-order valence-electron chi connectivity index (χ3n) is 9.51. The molecule has 6 aromatic rings. The van der Waals surface area contributed by atoms with Crippen LogP contribution in [0.2, 0.25) is 0 Å². The molecule has 5 aromatic carbocycles. The zero-order chi connectivity index (χ0) is 43.0. The van der Waals surface area contributed by atoms with Crippen LogP contribution in [0.3, 0.4) is 0 Å². The van der Waals surface area contributed by atoms with E-state index in [0.29, 0.717) is 53.4 Å². The van der Waals surface area contributed by atoms with E-state index in [4.69, 9.17) is 30.0 Å². The van der Waals surface area contributed by atoms with Crippen molar-refractivity contribution in [1.29, 1.82) is 10.5 Å². The Labute approximate surface area is 363 Å². The Hall–Kier alpha value is -7.77. The van der Waals surface area contributed by atoms with Crippen LogP contribution in [0.5, 0.6) is 11.5 Å². The van der Waals surface area contributed by atoms with Crippen LogP contribution in [0.1, 0.15) is 68.1 Å². The largest absolute Gasteiger partial charge is 0.494 e. The van der Waals surface area contributed by atoms with Gasteiger partial charge in [-0.1, -0.05) is 62.6 Å². The molecule has 0 fully saturated rings. The number of hydrogen-bond donors (Lipinski definition) is 2. The summed E-state index contributed by atoms with van der Waals surface area (Å²) in [5.74, 6) is 3.30. The Morgan fingerprint density at radius 2 is 0.871 bits per heavy atom. The first-order chi connectivity index (χ1) is 30.6. The summed E-state index contributed by atoms with van der Waals surface area (Å²) in [5, 5.41) is 41.7. The Morgan fingerprint density at radius 3 is 1.26 bits per heavy atom. The van der Waals surface area contributed by atoms with Crippen LogP contribution in [0.25, 0.3) is 17.5 Å². The van der Waals surface area contributed by atoms with E-state index in [-0.39, 0.29) is 0 Å². The minimum atomic E-state index is 0.549. The third kappa shape index (κ3) is 14.8. The quantitative estimate of drug-likeness (QED) is 0.0444. The molecule has 1 aromatic heterocycles. The minimum Gasteiger partial charge on any atom is -0.494 e. The van der Waals surface area contributed by atoms with Crippen LogP contribution in [-0.4, -0.2) is 41.3 Å². The lowest BCUT2D eigenvalue weighted by Gasteiger charge is -2.11. The fraction of sp³-hybridized carbons (Fsp3) is 0.245. The standard InChI is InChI=1S/C49H49N11O2/c1-2-37-11-17-40(18-12-37)47-54-48(52-31-7-3-5-9-33-61-45-27-23-43(24-28-45)59-57-41-19-13-38(35-50)14-20-41)56-49(55-47)53-32-8-4-6-10-34-62-46-29-25-44(26-30-46)60-58-42-21-15-39(36-51)16-22-42/h2,11-30H,1,3-10,31-34H2,(H2,52,53,54,55,56). The molecule has 0 saturated carbocycles. The number of nitriles is 2. The van der Waals surface area contributed by atoms with Crippen LogP contribution >= 0.6 is 0 Å². The molecule has 1 heterocycles. The van der Waals surface area contributed by atoms with Gasteiger partial charge in [0, 0.05) is 18.7 Å². The van der Waals surface area contributed by atoms with E-state index in [1.54, 1.807) is 48.5 Å². The van der Waals surface area contributed by atoms with Crippen LogP contribution in [-0.2, 0) is 0 Å². The maximum absolute atomic E-state index is 8.94. The zero-order valence-corrected chi connectivity index (χ0v) is 34.7. The second kappa shape index (κ2) is 24.3. The second-order valence-electron chi connectivity index (χ2n) is 14.2. The Balaban J connectivity index is 0.866. The predicted octanol–water partition coefficient (Wildman–Crippen LogP) is 12.9. The van der Waals surface area contributed by atoms with Crippen molar-refractivity contribution in [3.8, 4) is 35.0 Å². The van der Waals surface area contributed by atoms with E-state index < -0.39 is 0 Å². The van der Waals surface area contributed by atoms with Gasteiger partial charge in [0.1, 0.15) is 11.5 Å². The van der Waals surface area contributed by atoms with Crippen LogP contribution < -0.4 is 20.1 Å². The van der Waals surface area contributed by atoms with Gasteiger partial charge in [0.05, 0.1) is 59.2 Å². The molecule has 312 valence electrons. The third-order valence-corrected chi connectivity index (χ3v) is 9.51. The van der Waals surface area contributed by atoms with Gasteiger partial charge in [0.2, 0.25) is 11.9 Å². The molecule has 0 aliphatic rings. The summed E-state index contributed by atoms with van der Waals surface area (Å²) < 4.78 is 11.9. The number of rotatable bonds is 24. The van der Waals surface area contributed by atoms with E-state index >= 15 is 0 Å². The number of anilines is 2. The maximum Gasteiger partial charge on any atom is 0.228 e. The molecule has 13 nitrogen and oxygen atoms in total. The molecular weight excluding hydrogens is 775 g/mol. The molecule has 0 amide bonds. The molecule has 0 bridgehead atoms. The minimum absolute atomic E-state index is 0.549. The van der Waals surface area contributed by atoms with Gasteiger partial charge in [-0.15, -0.1) is 0 Å². The van der Waals surface area contributed by atoms with Gasteiger partial charge in [0.25, 0.3) is 0 Å². The number of aromatic nitrogens is 3. The smallest absolute Gasteiger partial charge is 0.228 e. The second-order valence-corrected chi connectivity index (χ2v) is 14.2. The van der Waals surface area contributed by atoms with E-state index in [1.807, 2.05) is 78.9 Å². The summed E-state index contributed by atoms with van der Waals surface area (Å²) in [7, 11) is 0. The van der Waals surface area contributed by atoms with Crippen molar-refractivity contribution in [1.82, 2.24) is 15.0 Å². The molecule has 2 N–H and O–H groups in total. The fourth-order valence-corrected chi connectivity index (χ4v) is 6.03. The number of azo groups is 2. The average molecular weight is 824 g/mol. The van der Waals surface area contributed by atoms with Gasteiger partial charge in [-0.25, -0.2) is 0 Å². The highest BCUT2D eigenvalue weighted by Gasteiger charge is 2.09. The SMILES string of the molecule is C=Cc1ccc(-c2nc(NCCCCCCOc3ccc(N=Nc4ccc(C#N)cc4)cc3)nc(NCCCCCCOc3ccc(N=Nc4ccc(C#N)cc4)cc3)n2)cc1. The van der Waals surface area contributed by atoms with Crippen molar-refractivity contribution in [2.75, 3.05) is 36.9 Å². The summed E-state index contributed by atoms with van der Waals surface area (Å²) in [6.45, 7) is 6.62. The first-order valence-electron chi connectivity index (χ1n) is 20.8. The highest BCUT2D eigenvalue weighted by molar-refractivity contribution is 5.61. The Kier molecular flexibility index (Phi) is 17.2. The van der Waals surface area contributed by atoms with Crippen molar-refractivity contribution in [3.63, 3.8) is 0 Å². The molecular formula is C49H49N11O2. The van der Waals surface area contributed by atoms with Gasteiger partial charge in [-0.3, -0.25) is 0 Å². The number of hydrogen-bond acceptors (Lipinski definition) is 13. The van der Waals surface area contributed by atoms with E-state index in [9.17, 15) is 0 Å². The summed E-state index contributed by atoms with van der Waals surface area (Å²) >= 11 is 0. The Bertz CT molecular complexity index is 2290. The zero-order valence-electron chi connectivity index (χ0n) is 34.7. The van der Waals surface area contributed by atoms with Crippen molar-refractivity contribution in [2.45, 2.75) is 51.4 Å². The van der Waals surface area contributed by atoms with Crippen LogP contribution in [0.4, 0.5) is 34.6 Å². The molecule has 0 radical (unpaired) electrons. The molecule has 13 heteroatoms. The van der Waals surface area contributed by atoms with Crippen molar-refractivity contribution < 1.29 is 9.47 Å². The van der Waals surface area contributed by atoms with Gasteiger partial charge >= 0.3 is 0 Å². The summed E-state index contributed by atoms with van der Waals surface area (Å²) in [6, 6.07) is 41.2. The number of nitrogens with zero attached hydrogens (tertiary/aromatic N) is 9. The number of benzene rings is 5. The summed E-state index contributed by atoms with van der Waals surface area (Å²) in [6.07, 6.45) is 9.82. The first-order valence-corrected chi connectivity index (χ1v) is 20.8. The number of nitrogens with one attached hydrogen (secondary N) is 2. The van der Waals surface area contributed by atoms with E-state index in [0.717, 1.165) is 98.5 Å². The summed E-state index contributed by atoms with van der Waals surface area (Å²) in [4.78, 5) is 14.2. The highest BCUT2D eigenvalue weighted by atomic mass is 16.5. The normalized spacial score (nSPS) is 10.9. The Morgan fingerprint density at radius 1 is 0.484 bits per heavy atom. The molecule has 0 aliphatic heterocycles. The number of ether oxygens (including phenoxy) is 2. The average Bonchev–Trinajstić information content (AvgIpc) is 3.33. The molecule has 0 atom stereocenters. The monoisotopic (exact) mass is 823 g/mol. The lowest BCUT2D eigenvalue weighted by molar-refractivity contribution is 0.305. The van der Waals surface area contributed by atoms with Crippen LogP contribution in [0.15, 0.2) is 148 Å². The molecule has 0 unspecified atom stereocenters.